The average molecular weight is 257 g/mol. The number of carbonyl (C=O) groups excluding carboxylic acids is 1. The number of hydrogen-bond donors (Lipinski definition) is 1. The van der Waals surface area contributed by atoms with Gasteiger partial charge in [0.05, 0.1) is 5.92 Å². The quantitative estimate of drug-likeness (QED) is 0.783. The van der Waals surface area contributed by atoms with Gasteiger partial charge in [-0.05, 0) is 33.6 Å². The predicted molar refractivity (Wildman–Crippen MR) is 67.4 cm³/mol. The fourth-order valence-corrected chi connectivity index (χ4v) is 2.01. The first-order valence-corrected chi connectivity index (χ1v) is 6.50. The van der Waals surface area contributed by atoms with Crippen molar-refractivity contribution in [2.75, 3.05) is 13.1 Å². The molecule has 0 aromatic rings. The number of hydrogen-bond acceptors (Lipinski definition) is 3. The van der Waals surface area contributed by atoms with E-state index in [-0.39, 0.29) is 6.54 Å². The van der Waals surface area contributed by atoms with Gasteiger partial charge in [-0.15, -0.1) is 0 Å². The maximum Gasteiger partial charge on any atom is 0.410 e. The van der Waals surface area contributed by atoms with Crippen LogP contribution in [0, 0.1) is 5.92 Å². The summed E-state index contributed by atoms with van der Waals surface area (Å²) in [7, 11) is 0. The lowest BCUT2D eigenvalue weighted by molar-refractivity contribution is -0.142. The summed E-state index contributed by atoms with van der Waals surface area (Å²) in [6.45, 7) is 6.26. The lowest BCUT2D eigenvalue weighted by Gasteiger charge is -2.30. The van der Waals surface area contributed by atoms with E-state index < -0.39 is 23.6 Å². The van der Waals surface area contributed by atoms with Gasteiger partial charge in [0, 0.05) is 13.1 Å². The van der Waals surface area contributed by atoms with E-state index in [0.29, 0.717) is 13.0 Å². The van der Waals surface area contributed by atoms with Gasteiger partial charge in [-0.1, -0.05) is 12.8 Å². The molecule has 0 bridgehead atoms. The molecule has 1 heterocycles. The molecule has 0 aliphatic carbocycles. The molecule has 5 nitrogen and oxygen atoms in total. The van der Waals surface area contributed by atoms with Gasteiger partial charge in [-0.25, -0.2) is 4.79 Å². The molecular weight excluding hydrogens is 234 g/mol. The van der Waals surface area contributed by atoms with Gasteiger partial charge in [-0.3, -0.25) is 4.79 Å². The highest BCUT2D eigenvalue weighted by atomic mass is 16.6. The molecule has 0 radical (unpaired) electrons. The van der Waals surface area contributed by atoms with Crippen LogP contribution >= 0.6 is 0 Å². The highest BCUT2D eigenvalue weighted by molar-refractivity contribution is 5.72. The highest BCUT2D eigenvalue weighted by Gasteiger charge is 2.28. The number of carboxylic acid groups (broad SMARTS) is 1. The van der Waals surface area contributed by atoms with E-state index in [2.05, 4.69) is 0 Å². The Bertz CT molecular complexity index is 309. The molecule has 0 saturated carbocycles. The third kappa shape index (κ3) is 4.94. The van der Waals surface area contributed by atoms with Crippen LogP contribution in [0.2, 0.25) is 0 Å². The summed E-state index contributed by atoms with van der Waals surface area (Å²) in [4.78, 5) is 24.6. The molecule has 18 heavy (non-hydrogen) atoms. The van der Waals surface area contributed by atoms with Gasteiger partial charge < -0.3 is 14.7 Å². The minimum atomic E-state index is -0.828. The minimum absolute atomic E-state index is 0.254. The Kier molecular flexibility index (Phi) is 4.99. The average Bonchev–Trinajstić information content (AvgIpc) is 2.12. The van der Waals surface area contributed by atoms with Crippen molar-refractivity contribution in [2.24, 2.45) is 5.92 Å². The molecular formula is C13H23NO4. The number of aliphatic carboxylic acids is 1. The van der Waals surface area contributed by atoms with Crippen molar-refractivity contribution in [1.82, 2.24) is 4.90 Å². The summed E-state index contributed by atoms with van der Waals surface area (Å²) >= 11 is 0. The maximum atomic E-state index is 12.0. The molecule has 0 unspecified atom stereocenters. The zero-order valence-electron chi connectivity index (χ0n) is 11.4. The minimum Gasteiger partial charge on any atom is -0.481 e. The van der Waals surface area contributed by atoms with Gasteiger partial charge in [0.1, 0.15) is 5.60 Å². The highest BCUT2D eigenvalue weighted by Crippen LogP contribution is 2.19. The molecule has 0 aromatic heterocycles. The van der Waals surface area contributed by atoms with Crippen LogP contribution in [0.4, 0.5) is 4.79 Å². The van der Waals surface area contributed by atoms with E-state index in [1.54, 1.807) is 0 Å². The van der Waals surface area contributed by atoms with Gasteiger partial charge in [0.25, 0.3) is 0 Å². The van der Waals surface area contributed by atoms with Crippen molar-refractivity contribution in [1.29, 1.82) is 0 Å². The van der Waals surface area contributed by atoms with Crippen LogP contribution in [0.1, 0.15) is 46.5 Å². The number of amides is 1. The van der Waals surface area contributed by atoms with Gasteiger partial charge in [0.15, 0.2) is 0 Å². The molecule has 1 aliphatic rings. The molecule has 1 rings (SSSR count). The smallest absolute Gasteiger partial charge is 0.410 e. The first kappa shape index (κ1) is 14.8. The van der Waals surface area contributed by atoms with Crippen LogP contribution < -0.4 is 0 Å². The summed E-state index contributed by atoms with van der Waals surface area (Å²) in [5.41, 5.74) is -0.543. The first-order chi connectivity index (χ1) is 8.29. The molecule has 1 fully saturated rings. The monoisotopic (exact) mass is 257 g/mol. The Labute approximate surface area is 108 Å². The van der Waals surface area contributed by atoms with Crippen molar-refractivity contribution in [3.63, 3.8) is 0 Å². The van der Waals surface area contributed by atoms with Gasteiger partial charge >= 0.3 is 12.1 Å². The number of nitrogens with zero attached hydrogens (tertiary/aromatic N) is 1. The van der Waals surface area contributed by atoms with Crippen LogP contribution in [0.15, 0.2) is 0 Å². The summed E-state index contributed by atoms with van der Waals surface area (Å²) < 4.78 is 5.30. The summed E-state index contributed by atoms with van der Waals surface area (Å²) in [5, 5.41) is 9.11. The number of carboxylic acids is 1. The number of rotatable bonds is 1. The molecule has 0 aromatic carbocycles. The zero-order valence-corrected chi connectivity index (χ0v) is 11.4. The van der Waals surface area contributed by atoms with E-state index in [4.69, 9.17) is 9.84 Å². The second-order valence-electron chi connectivity index (χ2n) is 5.81. The molecule has 104 valence electrons. The number of carbonyl (C=O) groups is 2. The van der Waals surface area contributed by atoms with Crippen molar-refractivity contribution < 1.29 is 19.4 Å². The van der Waals surface area contributed by atoms with Crippen LogP contribution in [0.25, 0.3) is 0 Å². The Hall–Kier alpha value is -1.26. The second kappa shape index (κ2) is 6.07. The summed E-state index contributed by atoms with van der Waals surface area (Å²) in [6.07, 6.45) is 3.01. The molecule has 0 spiro atoms. The van der Waals surface area contributed by atoms with E-state index in [9.17, 15) is 9.59 Å². The van der Waals surface area contributed by atoms with Crippen LogP contribution in [-0.2, 0) is 9.53 Å². The van der Waals surface area contributed by atoms with Gasteiger partial charge in [-0.2, -0.15) is 0 Å². The Morgan fingerprint density at radius 1 is 1.22 bits per heavy atom. The lowest BCUT2D eigenvalue weighted by Crippen LogP contribution is -2.42. The third-order valence-corrected chi connectivity index (χ3v) is 2.92. The van der Waals surface area contributed by atoms with Crippen molar-refractivity contribution >= 4 is 12.1 Å². The number of ether oxygens (including phenoxy) is 1. The zero-order chi connectivity index (χ0) is 13.8. The largest absolute Gasteiger partial charge is 0.481 e. The molecule has 1 aliphatic heterocycles. The summed E-state index contributed by atoms with van der Waals surface area (Å²) in [5.74, 6) is -1.30. The second-order valence-corrected chi connectivity index (χ2v) is 5.81. The fraction of sp³-hybridized carbons (Fsp3) is 0.846. The Morgan fingerprint density at radius 3 is 2.44 bits per heavy atom. The van der Waals surface area contributed by atoms with E-state index in [1.165, 1.54) is 4.90 Å². The topological polar surface area (TPSA) is 66.8 Å². The predicted octanol–water partition coefficient (Wildman–Crippen LogP) is 2.50. The van der Waals surface area contributed by atoms with Gasteiger partial charge in [0.2, 0.25) is 0 Å². The van der Waals surface area contributed by atoms with Crippen LogP contribution in [-0.4, -0.2) is 40.8 Å². The molecule has 1 atom stereocenters. The SMILES string of the molecule is CC(C)(C)OC(=O)N1CCCCC[C@H](C(=O)O)C1. The van der Waals surface area contributed by atoms with Crippen LogP contribution in [0.3, 0.4) is 0 Å². The normalized spacial score (nSPS) is 21.9. The molecule has 1 N–H and O–H groups in total. The maximum absolute atomic E-state index is 12.0. The number of likely N-dealkylation sites (tertiary alicyclic amines) is 1. The third-order valence-electron chi connectivity index (χ3n) is 2.92. The fourth-order valence-electron chi connectivity index (χ4n) is 2.01. The lowest BCUT2D eigenvalue weighted by atomic mass is 9.98. The Morgan fingerprint density at radius 2 is 1.89 bits per heavy atom. The standard InChI is InChI=1S/C13H23NO4/c1-13(2,3)18-12(17)14-8-6-4-5-7-10(9-14)11(15)16/h10H,4-9H2,1-3H3,(H,15,16)/t10-/m0/s1. The van der Waals surface area contributed by atoms with Crippen molar-refractivity contribution in [3.05, 3.63) is 0 Å². The molecule has 5 heteroatoms. The molecule has 1 amide bonds. The molecule has 1 saturated heterocycles. The Balaban J connectivity index is 2.65. The first-order valence-electron chi connectivity index (χ1n) is 6.50. The van der Waals surface area contributed by atoms with E-state index in [0.717, 1.165) is 19.3 Å². The van der Waals surface area contributed by atoms with E-state index in [1.807, 2.05) is 20.8 Å². The van der Waals surface area contributed by atoms with Crippen molar-refractivity contribution in [3.8, 4) is 0 Å². The van der Waals surface area contributed by atoms with E-state index >= 15 is 0 Å². The van der Waals surface area contributed by atoms with Crippen molar-refractivity contribution in [2.45, 2.75) is 52.1 Å². The summed E-state index contributed by atoms with van der Waals surface area (Å²) in [6, 6.07) is 0. The van der Waals surface area contributed by atoms with Crippen LogP contribution in [0.5, 0.6) is 0 Å².